The second-order valence-electron chi connectivity index (χ2n) is 4.75. The molecule has 0 fully saturated rings. The third-order valence-corrected chi connectivity index (χ3v) is 3.74. The molecule has 0 aliphatic carbocycles. The van der Waals surface area contributed by atoms with Crippen LogP contribution in [0, 0.1) is 0 Å². The SMILES string of the molecule is CCC(CC)(CO)NC(=O)Nc1ccc(OC(F)F)c(Cl)c1. The molecule has 0 atom stereocenters. The standard InChI is InChI=1S/C14H19ClF2N2O3/c1-3-14(4-2,8-20)19-13(21)18-9-5-6-11(10(15)7-9)22-12(16)17/h5-7,12,20H,3-4,8H2,1-2H3,(H2,18,19,21). The molecule has 0 aliphatic heterocycles. The van der Waals surface area contributed by atoms with E-state index in [2.05, 4.69) is 15.4 Å². The minimum absolute atomic E-state index is 0.0440. The molecule has 0 saturated carbocycles. The average molecular weight is 337 g/mol. The predicted octanol–water partition coefficient (Wildman–Crippen LogP) is 3.61. The Labute approximate surface area is 132 Å². The molecule has 8 heteroatoms. The molecular formula is C14H19ClF2N2O3. The van der Waals surface area contributed by atoms with Crippen LogP contribution in [0.1, 0.15) is 26.7 Å². The molecule has 0 aliphatic rings. The number of halogens is 3. The second kappa shape index (κ2) is 8.14. The summed E-state index contributed by atoms with van der Waals surface area (Å²) in [6.45, 7) is 0.551. The lowest BCUT2D eigenvalue weighted by molar-refractivity contribution is -0.0497. The van der Waals surface area contributed by atoms with Gasteiger partial charge in [0.25, 0.3) is 0 Å². The second-order valence-corrected chi connectivity index (χ2v) is 5.16. The van der Waals surface area contributed by atoms with E-state index in [1.165, 1.54) is 18.2 Å². The number of hydrogen-bond donors (Lipinski definition) is 3. The van der Waals surface area contributed by atoms with Gasteiger partial charge in [-0.2, -0.15) is 8.78 Å². The normalized spacial score (nSPS) is 11.4. The van der Waals surface area contributed by atoms with Crippen molar-refractivity contribution in [1.29, 1.82) is 0 Å². The number of anilines is 1. The molecule has 0 aromatic heterocycles. The van der Waals surface area contributed by atoms with Crippen molar-refractivity contribution < 1.29 is 23.4 Å². The molecule has 1 rings (SSSR count). The van der Waals surface area contributed by atoms with Crippen LogP contribution in [0.2, 0.25) is 5.02 Å². The smallest absolute Gasteiger partial charge is 0.387 e. The molecule has 0 unspecified atom stereocenters. The van der Waals surface area contributed by atoms with Gasteiger partial charge in [0.15, 0.2) is 0 Å². The number of hydrogen-bond acceptors (Lipinski definition) is 3. The van der Waals surface area contributed by atoms with Crippen molar-refractivity contribution in [3.8, 4) is 5.75 Å². The van der Waals surface area contributed by atoms with E-state index in [0.717, 1.165) is 0 Å². The molecule has 0 heterocycles. The highest BCUT2D eigenvalue weighted by Gasteiger charge is 2.27. The zero-order valence-corrected chi connectivity index (χ0v) is 13.1. The third-order valence-electron chi connectivity index (χ3n) is 3.44. The minimum atomic E-state index is -2.97. The van der Waals surface area contributed by atoms with Crippen molar-refractivity contribution in [2.45, 2.75) is 38.8 Å². The van der Waals surface area contributed by atoms with Crippen LogP contribution in [0.25, 0.3) is 0 Å². The molecule has 22 heavy (non-hydrogen) atoms. The maximum Gasteiger partial charge on any atom is 0.387 e. The molecule has 5 nitrogen and oxygen atoms in total. The van der Waals surface area contributed by atoms with Gasteiger partial charge in [-0.3, -0.25) is 0 Å². The van der Waals surface area contributed by atoms with Gasteiger partial charge in [-0.15, -0.1) is 0 Å². The molecule has 124 valence electrons. The van der Waals surface area contributed by atoms with Crippen LogP contribution in [0.15, 0.2) is 18.2 Å². The van der Waals surface area contributed by atoms with Gasteiger partial charge in [-0.25, -0.2) is 4.79 Å². The van der Waals surface area contributed by atoms with E-state index >= 15 is 0 Å². The van der Waals surface area contributed by atoms with Crippen molar-refractivity contribution in [3.05, 3.63) is 23.2 Å². The van der Waals surface area contributed by atoms with Gasteiger partial charge in [0.05, 0.1) is 17.2 Å². The molecule has 0 radical (unpaired) electrons. The Kier molecular flexibility index (Phi) is 6.83. The largest absolute Gasteiger partial charge is 0.433 e. The molecule has 0 spiro atoms. The molecule has 0 saturated heterocycles. The van der Waals surface area contributed by atoms with E-state index in [4.69, 9.17) is 11.6 Å². The number of alkyl halides is 2. The van der Waals surface area contributed by atoms with Crippen LogP contribution in [0.4, 0.5) is 19.3 Å². The van der Waals surface area contributed by atoms with Crippen LogP contribution in [-0.2, 0) is 0 Å². The van der Waals surface area contributed by atoms with E-state index in [-0.39, 0.29) is 17.4 Å². The number of ether oxygens (including phenoxy) is 1. The molecule has 3 N–H and O–H groups in total. The lowest BCUT2D eigenvalue weighted by Gasteiger charge is -2.30. The summed E-state index contributed by atoms with van der Waals surface area (Å²) >= 11 is 5.80. The van der Waals surface area contributed by atoms with Crippen molar-refractivity contribution >= 4 is 23.3 Å². The highest BCUT2D eigenvalue weighted by molar-refractivity contribution is 6.32. The van der Waals surface area contributed by atoms with Gasteiger partial charge in [0.2, 0.25) is 0 Å². The average Bonchev–Trinajstić information content (AvgIpc) is 2.47. The summed E-state index contributed by atoms with van der Waals surface area (Å²) in [6.07, 6.45) is 1.13. The van der Waals surface area contributed by atoms with Crippen molar-refractivity contribution in [1.82, 2.24) is 5.32 Å². The maximum absolute atomic E-state index is 12.1. The summed E-state index contributed by atoms with van der Waals surface area (Å²) in [6, 6.07) is 3.42. The molecular weight excluding hydrogens is 318 g/mol. The van der Waals surface area contributed by atoms with Gasteiger partial charge in [-0.1, -0.05) is 25.4 Å². The Balaban J connectivity index is 2.74. The fraction of sp³-hybridized carbons (Fsp3) is 0.500. The van der Waals surface area contributed by atoms with Crippen LogP contribution < -0.4 is 15.4 Å². The number of carbonyl (C=O) groups is 1. The topological polar surface area (TPSA) is 70.6 Å². The Morgan fingerprint density at radius 3 is 2.50 bits per heavy atom. The van der Waals surface area contributed by atoms with E-state index in [9.17, 15) is 18.7 Å². The zero-order chi connectivity index (χ0) is 16.8. The van der Waals surface area contributed by atoms with Crippen LogP contribution >= 0.6 is 11.6 Å². The number of rotatable bonds is 7. The lowest BCUT2D eigenvalue weighted by atomic mass is 9.94. The first-order chi connectivity index (χ1) is 10.4. The van der Waals surface area contributed by atoms with Crippen LogP contribution in [-0.4, -0.2) is 29.9 Å². The summed E-state index contributed by atoms with van der Waals surface area (Å²) in [5.41, 5.74) is -0.379. The van der Waals surface area contributed by atoms with Crippen molar-refractivity contribution in [3.63, 3.8) is 0 Å². The Hall–Kier alpha value is -1.60. The fourth-order valence-electron chi connectivity index (χ4n) is 1.86. The number of amides is 2. The first-order valence-corrected chi connectivity index (χ1v) is 7.18. The number of aliphatic hydroxyl groups excluding tert-OH is 1. The number of carbonyl (C=O) groups excluding carboxylic acids is 1. The fourth-order valence-corrected chi connectivity index (χ4v) is 2.09. The summed E-state index contributed by atoms with van der Waals surface area (Å²) in [4.78, 5) is 12.0. The van der Waals surface area contributed by atoms with Gasteiger partial charge < -0.3 is 20.5 Å². The first-order valence-electron chi connectivity index (χ1n) is 6.80. The maximum atomic E-state index is 12.1. The zero-order valence-electron chi connectivity index (χ0n) is 12.3. The lowest BCUT2D eigenvalue weighted by Crippen LogP contribution is -2.52. The Morgan fingerprint density at radius 2 is 2.05 bits per heavy atom. The van der Waals surface area contributed by atoms with Gasteiger partial charge in [-0.05, 0) is 31.0 Å². The molecule has 2 amide bonds. The number of benzene rings is 1. The third kappa shape index (κ3) is 4.99. The molecule has 1 aromatic carbocycles. The summed E-state index contributed by atoms with van der Waals surface area (Å²) in [7, 11) is 0. The van der Waals surface area contributed by atoms with E-state index in [0.29, 0.717) is 18.5 Å². The summed E-state index contributed by atoms with van der Waals surface area (Å²) in [5.74, 6) is -0.172. The van der Waals surface area contributed by atoms with E-state index in [1.807, 2.05) is 13.8 Å². The quantitative estimate of drug-likeness (QED) is 0.712. The monoisotopic (exact) mass is 336 g/mol. The van der Waals surface area contributed by atoms with Crippen LogP contribution in [0.5, 0.6) is 5.75 Å². The predicted molar refractivity (Wildman–Crippen MR) is 80.6 cm³/mol. The molecule has 0 bridgehead atoms. The summed E-state index contributed by atoms with van der Waals surface area (Å²) in [5, 5.41) is 14.6. The number of aliphatic hydroxyl groups is 1. The van der Waals surface area contributed by atoms with Gasteiger partial charge in [0, 0.05) is 5.69 Å². The Morgan fingerprint density at radius 1 is 1.41 bits per heavy atom. The highest BCUT2D eigenvalue weighted by Crippen LogP contribution is 2.29. The van der Waals surface area contributed by atoms with Gasteiger partial charge >= 0.3 is 12.6 Å². The Bertz CT molecular complexity index is 503. The van der Waals surface area contributed by atoms with Gasteiger partial charge in [0.1, 0.15) is 5.75 Å². The first kappa shape index (κ1) is 18.4. The van der Waals surface area contributed by atoms with E-state index < -0.39 is 18.2 Å². The summed E-state index contributed by atoms with van der Waals surface area (Å²) < 4.78 is 28.5. The van der Waals surface area contributed by atoms with Crippen LogP contribution in [0.3, 0.4) is 0 Å². The van der Waals surface area contributed by atoms with Crippen molar-refractivity contribution in [2.24, 2.45) is 0 Å². The number of urea groups is 1. The minimum Gasteiger partial charge on any atom is -0.433 e. The highest BCUT2D eigenvalue weighted by atomic mass is 35.5. The molecule has 1 aromatic rings. The van der Waals surface area contributed by atoms with E-state index in [1.54, 1.807) is 0 Å². The van der Waals surface area contributed by atoms with Crippen molar-refractivity contribution in [2.75, 3.05) is 11.9 Å². The number of nitrogens with one attached hydrogen (secondary N) is 2.